The standard InChI is InChI=1S/C21H15NO4/c23-20(13-25-15-6-2-1-3-7-15)22-14-10-11-17-19(12-14)26-18-9-5-4-8-16(18)21(17)24/h1-12H,13H2,(H,22,23). The van der Waals surface area contributed by atoms with Crippen molar-refractivity contribution in [1.29, 1.82) is 0 Å². The van der Waals surface area contributed by atoms with Gasteiger partial charge in [0.15, 0.2) is 6.61 Å². The van der Waals surface area contributed by atoms with Crippen molar-refractivity contribution in [3.63, 3.8) is 0 Å². The van der Waals surface area contributed by atoms with E-state index in [1.807, 2.05) is 24.3 Å². The number of carbonyl (C=O) groups is 1. The second-order valence-electron chi connectivity index (χ2n) is 5.79. The second-order valence-corrected chi connectivity index (χ2v) is 5.79. The summed E-state index contributed by atoms with van der Waals surface area (Å²) in [6, 6.07) is 21.2. The van der Waals surface area contributed by atoms with Gasteiger partial charge in [-0.05, 0) is 36.4 Å². The summed E-state index contributed by atoms with van der Waals surface area (Å²) in [6.45, 7) is -0.107. The Morgan fingerprint density at radius 3 is 2.46 bits per heavy atom. The van der Waals surface area contributed by atoms with Crippen LogP contribution in [0.5, 0.6) is 5.75 Å². The zero-order valence-corrected chi connectivity index (χ0v) is 13.8. The van der Waals surface area contributed by atoms with Crippen LogP contribution in [0.25, 0.3) is 21.9 Å². The lowest BCUT2D eigenvalue weighted by atomic mass is 10.1. The number of nitrogens with one attached hydrogen (secondary N) is 1. The quantitative estimate of drug-likeness (QED) is 0.568. The molecule has 0 saturated heterocycles. The van der Waals surface area contributed by atoms with Gasteiger partial charge in [0.1, 0.15) is 16.9 Å². The van der Waals surface area contributed by atoms with Gasteiger partial charge >= 0.3 is 0 Å². The predicted molar refractivity (Wildman–Crippen MR) is 101 cm³/mol. The molecular formula is C21H15NO4. The summed E-state index contributed by atoms with van der Waals surface area (Å²) in [7, 11) is 0. The molecule has 1 heterocycles. The van der Waals surface area contributed by atoms with Crippen LogP contribution in [0.15, 0.2) is 82.0 Å². The average molecular weight is 345 g/mol. The highest BCUT2D eigenvalue weighted by atomic mass is 16.5. The van der Waals surface area contributed by atoms with Gasteiger partial charge in [0.2, 0.25) is 5.43 Å². The van der Waals surface area contributed by atoms with Crippen molar-refractivity contribution in [3.05, 3.63) is 83.0 Å². The Bertz CT molecular complexity index is 1150. The number of carbonyl (C=O) groups excluding carboxylic acids is 1. The van der Waals surface area contributed by atoms with E-state index in [4.69, 9.17) is 9.15 Å². The van der Waals surface area contributed by atoms with Crippen LogP contribution in [0.2, 0.25) is 0 Å². The number of fused-ring (bicyclic) bond motifs is 2. The van der Waals surface area contributed by atoms with Gasteiger partial charge < -0.3 is 14.5 Å². The van der Waals surface area contributed by atoms with Crippen molar-refractivity contribution in [1.82, 2.24) is 0 Å². The van der Waals surface area contributed by atoms with E-state index >= 15 is 0 Å². The zero-order chi connectivity index (χ0) is 17.9. The summed E-state index contributed by atoms with van der Waals surface area (Å²) >= 11 is 0. The second kappa shape index (κ2) is 6.72. The Hall–Kier alpha value is -3.60. The van der Waals surface area contributed by atoms with Crippen LogP contribution in [-0.2, 0) is 4.79 Å². The molecule has 0 aliphatic heterocycles. The minimum atomic E-state index is -0.295. The van der Waals surface area contributed by atoms with Crippen LogP contribution in [0, 0.1) is 0 Å². The number of hydrogen-bond acceptors (Lipinski definition) is 4. The molecule has 0 aliphatic rings. The molecule has 3 aromatic carbocycles. The third-order valence-corrected chi connectivity index (χ3v) is 3.97. The van der Waals surface area contributed by atoms with Gasteiger partial charge in [0.05, 0.1) is 10.8 Å². The fourth-order valence-electron chi connectivity index (χ4n) is 2.74. The molecule has 5 nitrogen and oxygen atoms in total. The minimum Gasteiger partial charge on any atom is -0.484 e. The summed E-state index contributed by atoms with van der Waals surface area (Å²) in [4.78, 5) is 24.6. The molecule has 0 aliphatic carbocycles. The number of anilines is 1. The van der Waals surface area contributed by atoms with Crippen LogP contribution in [-0.4, -0.2) is 12.5 Å². The monoisotopic (exact) mass is 345 g/mol. The number of para-hydroxylation sites is 2. The molecule has 0 unspecified atom stereocenters. The Labute approximate surface area is 148 Å². The lowest BCUT2D eigenvalue weighted by Crippen LogP contribution is -2.20. The molecule has 0 saturated carbocycles. The summed E-state index contributed by atoms with van der Waals surface area (Å²) in [6.07, 6.45) is 0. The van der Waals surface area contributed by atoms with Crippen LogP contribution in [0.1, 0.15) is 0 Å². The Kier molecular flexibility index (Phi) is 4.11. The SMILES string of the molecule is O=C(COc1ccccc1)Nc1ccc2c(=O)c3ccccc3oc2c1. The summed E-state index contributed by atoms with van der Waals surface area (Å²) < 4.78 is 11.2. The molecule has 0 spiro atoms. The zero-order valence-electron chi connectivity index (χ0n) is 13.8. The fraction of sp³-hybridized carbons (Fsp3) is 0.0476. The molecule has 0 bridgehead atoms. The van der Waals surface area contributed by atoms with Gasteiger partial charge in [-0.2, -0.15) is 0 Å². The molecule has 26 heavy (non-hydrogen) atoms. The van der Waals surface area contributed by atoms with Crippen LogP contribution in [0.3, 0.4) is 0 Å². The molecule has 1 amide bonds. The highest BCUT2D eigenvalue weighted by Crippen LogP contribution is 2.21. The predicted octanol–water partition coefficient (Wildman–Crippen LogP) is 3.96. The molecule has 0 fully saturated rings. The van der Waals surface area contributed by atoms with Gasteiger partial charge in [-0.25, -0.2) is 0 Å². The van der Waals surface area contributed by atoms with Crippen molar-refractivity contribution < 1.29 is 13.9 Å². The normalized spacial score (nSPS) is 10.8. The van der Waals surface area contributed by atoms with Crippen molar-refractivity contribution in [2.24, 2.45) is 0 Å². The van der Waals surface area contributed by atoms with E-state index in [9.17, 15) is 9.59 Å². The molecule has 0 atom stereocenters. The van der Waals surface area contributed by atoms with Gasteiger partial charge in [-0.15, -0.1) is 0 Å². The molecule has 128 valence electrons. The first-order chi connectivity index (χ1) is 12.7. The lowest BCUT2D eigenvalue weighted by Gasteiger charge is -2.08. The molecule has 0 radical (unpaired) electrons. The number of amides is 1. The maximum absolute atomic E-state index is 12.5. The van der Waals surface area contributed by atoms with Crippen molar-refractivity contribution in [2.45, 2.75) is 0 Å². The number of ether oxygens (including phenoxy) is 1. The maximum Gasteiger partial charge on any atom is 0.262 e. The maximum atomic E-state index is 12.5. The van der Waals surface area contributed by atoms with E-state index in [2.05, 4.69) is 5.32 Å². The van der Waals surface area contributed by atoms with Crippen molar-refractivity contribution in [2.75, 3.05) is 11.9 Å². The number of rotatable bonds is 4. The first-order valence-corrected chi connectivity index (χ1v) is 8.14. The van der Waals surface area contributed by atoms with Crippen molar-refractivity contribution >= 4 is 33.5 Å². The molecule has 4 aromatic rings. The van der Waals surface area contributed by atoms with E-state index in [1.165, 1.54) is 0 Å². The molecule has 5 heteroatoms. The van der Waals surface area contributed by atoms with Crippen LogP contribution >= 0.6 is 0 Å². The van der Waals surface area contributed by atoms with Crippen LogP contribution in [0.4, 0.5) is 5.69 Å². The number of hydrogen-bond donors (Lipinski definition) is 1. The summed E-state index contributed by atoms with van der Waals surface area (Å²) in [5.74, 6) is 0.329. The summed E-state index contributed by atoms with van der Waals surface area (Å²) in [5.41, 5.74) is 1.39. The molecule has 4 rings (SSSR count). The highest BCUT2D eigenvalue weighted by molar-refractivity contribution is 5.96. The smallest absolute Gasteiger partial charge is 0.262 e. The van der Waals surface area contributed by atoms with Crippen LogP contribution < -0.4 is 15.5 Å². The Balaban J connectivity index is 1.56. The first kappa shape index (κ1) is 15.9. The Morgan fingerprint density at radius 2 is 1.62 bits per heavy atom. The highest BCUT2D eigenvalue weighted by Gasteiger charge is 2.09. The Morgan fingerprint density at radius 1 is 0.885 bits per heavy atom. The van der Waals surface area contributed by atoms with E-state index < -0.39 is 0 Å². The molecular weight excluding hydrogens is 330 g/mol. The largest absolute Gasteiger partial charge is 0.484 e. The summed E-state index contributed by atoms with van der Waals surface area (Å²) in [5, 5.41) is 3.76. The van der Waals surface area contributed by atoms with Gasteiger partial charge in [0.25, 0.3) is 5.91 Å². The van der Waals surface area contributed by atoms with Gasteiger partial charge in [-0.3, -0.25) is 9.59 Å². The van der Waals surface area contributed by atoms with E-state index in [0.717, 1.165) is 0 Å². The van der Waals surface area contributed by atoms with Crippen molar-refractivity contribution in [3.8, 4) is 5.75 Å². The van der Waals surface area contributed by atoms with E-state index in [1.54, 1.807) is 48.5 Å². The van der Waals surface area contributed by atoms with E-state index in [-0.39, 0.29) is 17.9 Å². The average Bonchev–Trinajstić information content (AvgIpc) is 2.67. The number of benzene rings is 3. The van der Waals surface area contributed by atoms with Gasteiger partial charge in [-0.1, -0.05) is 30.3 Å². The topological polar surface area (TPSA) is 68.5 Å². The third-order valence-electron chi connectivity index (χ3n) is 3.97. The molecule has 1 N–H and O–H groups in total. The minimum absolute atomic E-state index is 0.0906. The van der Waals surface area contributed by atoms with E-state index in [0.29, 0.717) is 33.4 Å². The molecule has 1 aromatic heterocycles. The third kappa shape index (κ3) is 3.15. The first-order valence-electron chi connectivity index (χ1n) is 8.14. The van der Waals surface area contributed by atoms with Gasteiger partial charge in [0, 0.05) is 11.8 Å². The fourth-order valence-corrected chi connectivity index (χ4v) is 2.74. The lowest BCUT2D eigenvalue weighted by molar-refractivity contribution is -0.118.